The lowest BCUT2D eigenvalue weighted by atomic mass is 10.2. The molecule has 1 aromatic carbocycles. The van der Waals surface area contributed by atoms with E-state index in [1.165, 1.54) is 35.5 Å². The second-order valence-corrected chi connectivity index (χ2v) is 5.64. The highest BCUT2D eigenvalue weighted by Gasteiger charge is 1.99. The van der Waals surface area contributed by atoms with Crippen LogP contribution in [0.5, 0.6) is 0 Å². The van der Waals surface area contributed by atoms with Crippen molar-refractivity contribution in [2.24, 2.45) is 5.73 Å². The summed E-state index contributed by atoms with van der Waals surface area (Å²) in [7, 11) is 0. The lowest BCUT2D eigenvalue weighted by Crippen LogP contribution is -1.96. The van der Waals surface area contributed by atoms with E-state index in [2.05, 4.69) is 41.1 Å². The first-order chi connectivity index (χ1) is 7.26. The third-order valence-corrected chi connectivity index (χ3v) is 3.70. The topological polar surface area (TPSA) is 26.0 Å². The summed E-state index contributed by atoms with van der Waals surface area (Å²) in [4.78, 5) is 1.32. The van der Waals surface area contributed by atoms with E-state index in [9.17, 15) is 0 Å². The van der Waals surface area contributed by atoms with Gasteiger partial charge in [0, 0.05) is 15.9 Å². The minimum absolute atomic E-state index is 0.613. The van der Waals surface area contributed by atoms with Crippen LogP contribution in [-0.4, -0.2) is 5.75 Å². The number of halogens is 1. The molecule has 1 nitrogen and oxygen atoms in total. The van der Waals surface area contributed by atoms with E-state index in [1.807, 2.05) is 11.8 Å². The molecule has 0 spiro atoms. The predicted octanol–water partition coefficient (Wildman–Crippen LogP) is 4.19. The van der Waals surface area contributed by atoms with Crippen LogP contribution in [0, 0.1) is 0 Å². The monoisotopic (exact) mass is 287 g/mol. The second-order valence-electron chi connectivity index (χ2n) is 3.55. The van der Waals surface area contributed by atoms with Crippen LogP contribution in [0.15, 0.2) is 27.6 Å². The van der Waals surface area contributed by atoms with Crippen LogP contribution in [-0.2, 0) is 6.54 Å². The van der Waals surface area contributed by atoms with Crippen molar-refractivity contribution in [3.05, 3.63) is 28.2 Å². The molecule has 0 aliphatic carbocycles. The molecule has 0 atom stereocenters. The summed E-state index contributed by atoms with van der Waals surface area (Å²) in [5.41, 5.74) is 6.83. The molecule has 0 saturated carbocycles. The fourth-order valence-electron chi connectivity index (χ4n) is 1.36. The van der Waals surface area contributed by atoms with E-state index >= 15 is 0 Å². The van der Waals surface area contributed by atoms with Gasteiger partial charge in [-0.1, -0.05) is 35.7 Å². The molecule has 1 aromatic rings. The third kappa shape index (κ3) is 5.05. The van der Waals surface area contributed by atoms with Crippen LogP contribution >= 0.6 is 27.7 Å². The van der Waals surface area contributed by atoms with Gasteiger partial charge < -0.3 is 5.73 Å². The van der Waals surface area contributed by atoms with Gasteiger partial charge in [-0.2, -0.15) is 0 Å². The Balaban J connectivity index is 2.49. The normalized spacial score (nSPS) is 10.6. The first kappa shape index (κ1) is 13.1. The molecule has 1 rings (SSSR count). The van der Waals surface area contributed by atoms with Crippen LogP contribution in [0.25, 0.3) is 0 Å². The van der Waals surface area contributed by atoms with Crippen molar-refractivity contribution < 1.29 is 0 Å². The SMILES string of the molecule is CCCCCSc1cc(Br)cc(CN)c1. The Labute approximate surface area is 105 Å². The Morgan fingerprint density at radius 3 is 2.73 bits per heavy atom. The minimum Gasteiger partial charge on any atom is -0.326 e. The average Bonchev–Trinajstić information content (AvgIpc) is 2.23. The highest BCUT2D eigenvalue weighted by molar-refractivity contribution is 9.10. The lowest BCUT2D eigenvalue weighted by Gasteiger charge is -2.05. The molecule has 0 aromatic heterocycles. The van der Waals surface area contributed by atoms with Gasteiger partial charge in [0.05, 0.1) is 0 Å². The van der Waals surface area contributed by atoms with Crippen molar-refractivity contribution in [3.8, 4) is 0 Å². The van der Waals surface area contributed by atoms with Crippen molar-refractivity contribution in [2.75, 3.05) is 5.75 Å². The van der Waals surface area contributed by atoms with Crippen LogP contribution in [0.3, 0.4) is 0 Å². The van der Waals surface area contributed by atoms with Crippen molar-refractivity contribution >= 4 is 27.7 Å². The molecule has 0 saturated heterocycles. The van der Waals surface area contributed by atoms with Crippen LogP contribution in [0.4, 0.5) is 0 Å². The van der Waals surface area contributed by atoms with E-state index in [0.29, 0.717) is 6.54 Å². The fourth-order valence-corrected chi connectivity index (χ4v) is 3.09. The zero-order valence-corrected chi connectivity index (χ0v) is 11.5. The first-order valence-electron chi connectivity index (χ1n) is 5.38. The molecule has 0 amide bonds. The highest BCUT2D eigenvalue weighted by atomic mass is 79.9. The lowest BCUT2D eigenvalue weighted by molar-refractivity contribution is 0.778. The van der Waals surface area contributed by atoms with Gasteiger partial charge in [0.2, 0.25) is 0 Å². The highest BCUT2D eigenvalue weighted by Crippen LogP contribution is 2.25. The van der Waals surface area contributed by atoms with E-state index in [4.69, 9.17) is 5.73 Å². The summed E-state index contributed by atoms with van der Waals surface area (Å²) in [6.07, 6.45) is 3.91. The summed E-state index contributed by atoms with van der Waals surface area (Å²) < 4.78 is 1.13. The molecule has 2 N–H and O–H groups in total. The Bertz CT molecular complexity index is 302. The minimum atomic E-state index is 0.613. The largest absolute Gasteiger partial charge is 0.326 e. The molecule has 15 heavy (non-hydrogen) atoms. The van der Waals surface area contributed by atoms with Crippen molar-refractivity contribution in [2.45, 2.75) is 37.6 Å². The summed E-state index contributed by atoms with van der Waals surface area (Å²) >= 11 is 5.43. The number of rotatable bonds is 6. The quantitative estimate of drug-likeness (QED) is 0.627. The first-order valence-corrected chi connectivity index (χ1v) is 7.16. The van der Waals surface area contributed by atoms with Gasteiger partial charge in [-0.3, -0.25) is 0 Å². The molecular weight excluding hydrogens is 270 g/mol. The Morgan fingerprint density at radius 1 is 1.27 bits per heavy atom. The molecule has 3 heteroatoms. The smallest absolute Gasteiger partial charge is 0.0189 e. The molecule has 84 valence electrons. The van der Waals surface area contributed by atoms with Crippen LogP contribution in [0.1, 0.15) is 31.7 Å². The van der Waals surface area contributed by atoms with E-state index in [1.54, 1.807) is 0 Å². The Kier molecular flexibility index (Phi) is 6.37. The predicted molar refractivity (Wildman–Crippen MR) is 72.3 cm³/mol. The van der Waals surface area contributed by atoms with Gasteiger partial charge in [0.1, 0.15) is 0 Å². The van der Waals surface area contributed by atoms with Gasteiger partial charge in [-0.05, 0) is 35.9 Å². The third-order valence-electron chi connectivity index (χ3n) is 2.18. The molecule has 0 aliphatic rings. The molecule has 0 radical (unpaired) electrons. The molecule has 0 fully saturated rings. The van der Waals surface area contributed by atoms with Gasteiger partial charge in [0.25, 0.3) is 0 Å². The van der Waals surface area contributed by atoms with Gasteiger partial charge in [-0.15, -0.1) is 11.8 Å². The maximum atomic E-state index is 5.63. The standard InChI is InChI=1S/C12H18BrNS/c1-2-3-4-5-15-12-7-10(9-14)6-11(13)8-12/h6-8H,2-5,9,14H2,1H3. The maximum absolute atomic E-state index is 5.63. The Hall–Kier alpha value is 0.01000. The zero-order valence-electron chi connectivity index (χ0n) is 9.13. The summed E-state index contributed by atoms with van der Waals surface area (Å²) in [5.74, 6) is 1.20. The molecule has 0 heterocycles. The van der Waals surface area contributed by atoms with E-state index < -0.39 is 0 Å². The zero-order chi connectivity index (χ0) is 11.1. The molecular formula is C12H18BrNS. The average molecular weight is 288 g/mol. The molecule has 0 aliphatic heterocycles. The maximum Gasteiger partial charge on any atom is 0.0189 e. The summed E-state index contributed by atoms with van der Waals surface area (Å²) in [6.45, 7) is 2.85. The fraction of sp³-hybridized carbons (Fsp3) is 0.500. The summed E-state index contributed by atoms with van der Waals surface area (Å²) in [6, 6.07) is 6.42. The van der Waals surface area contributed by atoms with Crippen molar-refractivity contribution in [3.63, 3.8) is 0 Å². The number of nitrogens with two attached hydrogens (primary N) is 1. The van der Waals surface area contributed by atoms with E-state index in [-0.39, 0.29) is 0 Å². The number of thioether (sulfide) groups is 1. The number of benzene rings is 1. The number of unbranched alkanes of at least 4 members (excludes halogenated alkanes) is 2. The second kappa shape index (κ2) is 7.31. The number of hydrogen-bond acceptors (Lipinski definition) is 2. The molecule has 0 bridgehead atoms. The van der Waals surface area contributed by atoms with Gasteiger partial charge >= 0.3 is 0 Å². The molecule has 0 unspecified atom stereocenters. The van der Waals surface area contributed by atoms with Crippen molar-refractivity contribution in [1.29, 1.82) is 0 Å². The van der Waals surface area contributed by atoms with Gasteiger partial charge in [0.15, 0.2) is 0 Å². The summed E-state index contributed by atoms with van der Waals surface area (Å²) in [5, 5.41) is 0. The Morgan fingerprint density at radius 2 is 2.07 bits per heavy atom. The van der Waals surface area contributed by atoms with Crippen LogP contribution < -0.4 is 5.73 Å². The van der Waals surface area contributed by atoms with Crippen molar-refractivity contribution in [1.82, 2.24) is 0 Å². The number of hydrogen-bond donors (Lipinski definition) is 1. The van der Waals surface area contributed by atoms with Gasteiger partial charge in [-0.25, -0.2) is 0 Å². The van der Waals surface area contributed by atoms with Crippen LogP contribution in [0.2, 0.25) is 0 Å². The van der Waals surface area contributed by atoms with E-state index in [0.717, 1.165) is 4.47 Å².